The van der Waals surface area contributed by atoms with Gasteiger partial charge in [0.25, 0.3) is 0 Å². The van der Waals surface area contributed by atoms with Crippen LogP contribution in [0.2, 0.25) is 0 Å². The predicted molar refractivity (Wildman–Crippen MR) is 110 cm³/mol. The van der Waals surface area contributed by atoms with Crippen molar-refractivity contribution in [3.63, 3.8) is 0 Å². The van der Waals surface area contributed by atoms with E-state index in [0.29, 0.717) is 12.3 Å². The Labute approximate surface area is 160 Å². The average molecular weight is 360 g/mol. The minimum absolute atomic E-state index is 0.101. The fourth-order valence-electron chi connectivity index (χ4n) is 2.73. The Morgan fingerprint density at radius 2 is 1.70 bits per heavy atom. The second-order valence-electron chi connectivity index (χ2n) is 6.45. The number of carbonyl (C=O) groups is 1. The van der Waals surface area contributed by atoms with Gasteiger partial charge in [0.1, 0.15) is 12.4 Å². The van der Waals surface area contributed by atoms with Crippen molar-refractivity contribution in [1.29, 1.82) is 0 Å². The first-order chi connectivity index (χ1) is 13.1. The number of hydrogen-bond acceptors (Lipinski definition) is 3. The molecule has 0 aliphatic rings. The molecule has 3 aromatic rings. The fourth-order valence-corrected chi connectivity index (χ4v) is 2.73. The summed E-state index contributed by atoms with van der Waals surface area (Å²) in [5.74, 6) is 0.621. The van der Waals surface area contributed by atoms with Crippen LogP contribution >= 0.6 is 0 Å². The number of hydrogen-bond donors (Lipinski definition) is 2. The Morgan fingerprint density at radius 3 is 2.52 bits per heavy atom. The lowest BCUT2D eigenvalue weighted by Crippen LogP contribution is -2.22. The van der Waals surface area contributed by atoms with E-state index in [1.807, 2.05) is 73.7 Å². The number of anilines is 2. The van der Waals surface area contributed by atoms with Crippen LogP contribution in [0.25, 0.3) is 0 Å². The smallest absolute Gasteiger partial charge is 0.243 e. The molecule has 2 N–H and O–H groups in total. The first-order valence-corrected chi connectivity index (χ1v) is 8.98. The molecule has 4 heteroatoms. The number of benzene rings is 3. The van der Waals surface area contributed by atoms with Crippen LogP contribution in [0.5, 0.6) is 5.75 Å². The minimum Gasteiger partial charge on any atom is -0.489 e. The molecule has 27 heavy (non-hydrogen) atoms. The quantitative estimate of drug-likeness (QED) is 0.628. The number of amides is 1. The van der Waals surface area contributed by atoms with Crippen molar-refractivity contribution in [3.05, 3.63) is 89.5 Å². The molecule has 0 aromatic heterocycles. The van der Waals surface area contributed by atoms with Crippen LogP contribution in [0.4, 0.5) is 11.4 Å². The molecule has 0 bridgehead atoms. The standard InChI is InChI=1S/C23H24N2O2/c1-17-8-6-13-22(18(17)2)24-15-23(26)25-20-11-7-12-21(14-20)27-16-19-9-4-3-5-10-19/h3-14,24H,15-16H2,1-2H3,(H,25,26). The van der Waals surface area contributed by atoms with Gasteiger partial charge in [0.05, 0.1) is 6.54 Å². The molecule has 3 aromatic carbocycles. The van der Waals surface area contributed by atoms with Gasteiger partial charge in [-0.05, 0) is 48.7 Å². The van der Waals surface area contributed by atoms with Gasteiger partial charge in [0.15, 0.2) is 0 Å². The third-order valence-corrected chi connectivity index (χ3v) is 4.41. The summed E-state index contributed by atoms with van der Waals surface area (Å²) in [5.41, 5.74) is 5.15. The van der Waals surface area contributed by atoms with E-state index < -0.39 is 0 Å². The summed E-state index contributed by atoms with van der Waals surface area (Å²) < 4.78 is 5.81. The first-order valence-electron chi connectivity index (χ1n) is 8.98. The Kier molecular flexibility index (Phi) is 6.10. The summed E-state index contributed by atoms with van der Waals surface area (Å²) in [6.45, 7) is 4.80. The van der Waals surface area contributed by atoms with E-state index in [1.54, 1.807) is 0 Å². The molecule has 0 heterocycles. The third kappa shape index (κ3) is 5.35. The van der Waals surface area contributed by atoms with Crippen molar-refractivity contribution in [2.24, 2.45) is 0 Å². The highest BCUT2D eigenvalue weighted by Crippen LogP contribution is 2.20. The van der Waals surface area contributed by atoms with E-state index in [9.17, 15) is 4.79 Å². The summed E-state index contributed by atoms with van der Waals surface area (Å²) in [7, 11) is 0. The summed E-state index contributed by atoms with van der Waals surface area (Å²) in [4.78, 5) is 12.3. The number of nitrogens with one attached hydrogen (secondary N) is 2. The first kappa shape index (κ1) is 18.5. The molecule has 0 saturated carbocycles. The van der Waals surface area contributed by atoms with Crippen molar-refractivity contribution in [2.75, 3.05) is 17.2 Å². The molecule has 138 valence electrons. The molecule has 4 nitrogen and oxygen atoms in total. The van der Waals surface area contributed by atoms with E-state index >= 15 is 0 Å². The molecular formula is C23H24N2O2. The van der Waals surface area contributed by atoms with Gasteiger partial charge >= 0.3 is 0 Å². The molecule has 0 radical (unpaired) electrons. The number of aryl methyl sites for hydroxylation is 1. The van der Waals surface area contributed by atoms with E-state index in [2.05, 4.69) is 23.6 Å². The highest BCUT2D eigenvalue weighted by Gasteiger charge is 2.06. The van der Waals surface area contributed by atoms with Gasteiger partial charge in [-0.15, -0.1) is 0 Å². The Balaban J connectivity index is 1.54. The van der Waals surface area contributed by atoms with Crippen molar-refractivity contribution >= 4 is 17.3 Å². The van der Waals surface area contributed by atoms with Crippen LogP contribution in [-0.2, 0) is 11.4 Å². The van der Waals surface area contributed by atoms with Gasteiger partial charge in [0, 0.05) is 17.4 Å². The molecule has 0 fully saturated rings. The SMILES string of the molecule is Cc1cccc(NCC(=O)Nc2cccc(OCc3ccccc3)c2)c1C. The van der Waals surface area contributed by atoms with Crippen molar-refractivity contribution in [1.82, 2.24) is 0 Å². The largest absolute Gasteiger partial charge is 0.489 e. The molecular weight excluding hydrogens is 336 g/mol. The summed E-state index contributed by atoms with van der Waals surface area (Å²) >= 11 is 0. The Morgan fingerprint density at radius 1 is 0.926 bits per heavy atom. The van der Waals surface area contributed by atoms with Crippen molar-refractivity contribution in [3.8, 4) is 5.75 Å². The maximum absolute atomic E-state index is 12.3. The second-order valence-corrected chi connectivity index (χ2v) is 6.45. The normalized spacial score (nSPS) is 10.3. The Hall–Kier alpha value is -3.27. The minimum atomic E-state index is -0.101. The molecule has 0 atom stereocenters. The monoisotopic (exact) mass is 360 g/mol. The van der Waals surface area contributed by atoms with Gasteiger partial charge in [-0.1, -0.05) is 48.5 Å². The number of ether oxygens (including phenoxy) is 1. The molecule has 0 saturated heterocycles. The van der Waals surface area contributed by atoms with Gasteiger partial charge in [0.2, 0.25) is 5.91 Å². The maximum atomic E-state index is 12.3. The van der Waals surface area contributed by atoms with Crippen molar-refractivity contribution < 1.29 is 9.53 Å². The van der Waals surface area contributed by atoms with Crippen LogP contribution in [0.3, 0.4) is 0 Å². The average Bonchev–Trinajstić information content (AvgIpc) is 2.69. The zero-order valence-electron chi connectivity index (χ0n) is 15.7. The fraction of sp³-hybridized carbons (Fsp3) is 0.174. The summed E-state index contributed by atoms with van der Waals surface area (Å²) in [6.07, 6.45) is 0. The van der Waals surface area contributed by atoms with Crippen LogP contribution < -0.4 is 15.4 Å². The van der Waals surface area contributed by atoms with E-state index in [-0.39, 0.29) is 12.5 Å². The van der Waals surface area contributed by atoms with Gasteiger partial charge in [-0.3, -0.25) is 4.79 Å². The van der Waals surface area contributed by atoms with E-state index in [1.165, 1.54) is 5.56 Å². The lowest BCUT2D eigenvalue weighted by molar-refractivity contribution is -0.114. The molecule has 1 amide bonds. The summed E-state index contributed by atoms with van der Waals surface area (Å²) in [5, 5.41) is 6.10. The van der Waals surface area contributed by atoms with E-state index in [4.69, 9.17) is 4.74 Å². The molecule has 0 unspecified atom stereocenters. The second kappa shape index (κ2) is 8.90. The number of rotatable bonds is 7. The molecule has 3 rings (SSSR count). The van der Waals surface area contributed by atoms with Crippen molar-refractivity contribution in [2.45, 2.75) is 20.5 Å². The van der Waals surface area contributed by atoms with Gasteiger partial charge in [-0.25, -0.2) is 0 Å². The predicted octanol–water partition coefficient (Wildman–Crippen LogP) is 4.93. The third-order valence-electron chi connectivity index (χ3n) is 4.41. The topological polar surface area (TPSA) is 50.4 Å². The molecule has 0 aliphatic carbocycles. The van der Waals surface area contributed by atoms with Crippen LogP contribution in [0.15, 0.2) is 72.8 Å². The lowest BCUT2D eigenvalue weighted by atomic mass is 10.1. The van der Waals surface area contributed by atoms with Crippen LogP contribution in [-0.4, -0.2) is 12.5 Å². The van der Waals surface area contributed by atoms with Crippen LogP contribution in [0.1, 0.15) is 16.7 Å². The maximum Gasteiger partial charge on any atom is 0.243 e. The number of carbonyl (C=O) groups excluding carboxylic acids is 1. The highest BCUT2D eigenvalue weighted by molar-refractivity contribution is 5.94. The highest BCUT2D eigenvalue weighted by atomic mass is 16.5. The zero-order valence-corrected chi connectivity index (χ0v) is 15.7. The van der Waals surface area contributed by atoms with Crippen LogP contribution in [0, 0.1) is 13.8 Å². The molecule has 0 aliphatic heterocycles. The van der Waals surface area contributed by atoms with Gasteiger partial charge < -0.3 is 15.4 Å². The Bertz CT molecular complexity index is 907. The lowest BCUT2D eigenvalue weighted by Gasteiger charge is -2.12. The zero-order chi connectivity index (χ0) is 19.1. The van der Waals surface area contributed by atoms with Gasteiger partial charge in [-0.2, -0.15) is 0 Å². The molecule has 0 spiro atoms. The van der Waals surface area contributed by atoms with E-state index in [0.717, 1.165) is 22.6 Å². The summed E-state index contributed by atoms with van der Waals surface area (Å²) in [6, 6.07) is 23.4.